The van der Waals surface area contributed by atoms with Gasteiger partial charge in [0.05, 0.1) is 8.15 Å². The molecule has 1 aromatic carbocycles. The van der Waals surface area contributed by atoms with E-state index in [-0.39, 0.29) is 8.15 Å². The molecule has 0 saturated heterocycles. The van der Waals surface area contributed by atoms with E-state index in [1.54, 1.807) is 0 Å². The number of rotatable bonds is 0. The molecule has 0 radical (unpaired) electrons. The van der Waals surface area contributed by atoms with Gasteiger partial charge in [-0.2, -0.15) is 0 Å². The standard InChI is InChI=1S/C14H15OP/c1-10-6-7-11-4-3-5-14-13(11)9-12(8-10)16(2)15-14/h3-8,12H,9H2,1-2H3. The third-order valence-corrected chi connectivity index (χ3v) is 5.02. The van der Waals surface area contributed by atoms with Crippen LogP contribution in [0, 0.1) is 0 Å². The Bertz CT molecular complexity index is 488. The average molecular weight is 230 g/mol. The Kier molecular flexibility index (Phi) is 2.37. The third kappa shape index (κ3) is 1.60. The Labute approximate surface area is 97.7 Å². The molecule has 1 aliphatic heterocycles. The van der Waals surface area contributed by atoms with Gasteiger partial charge in [-0.1, -0.05) is 35.9 Å². The second kappa shape index (κ2) is 3.75. The van der Waals surface area contributed by atoms with Crippen molar-refractivity contribution in [1.82, 2.24) is 0 Å². The fourth-order valence-electron chi connectivity index (χ4n) is 2.35. The molecule has 82 valence electrons. The third-order valence-electron chi connectivity index (χ3n) is 3.27. The van der Waals surface area contributed by atoms with Crippen LogP contribution in [-0.4, -0.2) is 12.3 Å². The maximum atomic E-state index is 6.05. The molecule has 0 spiro atoms. The van der Waals surface area contributed by atoms with Crippen molar-refractivity contribution >= 4 is 14.2 Å². The Morgan fingerprint density at radius 3 is 3.06 bits per heavy atom. The molecule has 0 saturated carbocycles. The number of benzene rings is 1. The molecule has 1 aliphatic carbocycles. The molecule has 1 heterocycles. The van der Waals surface area contributed by atoms with E-state index in [0.717, 1.165) is 12.2 Å². The van der Waals surface area contributed by atoms with Crippen molar-refractivity contribution in [2.75, 3.05) is 6.66 Å². The molecule has 16 heavy (non-hydrogen) atoms. The minimum Gasteiger partial charge on any atom is -0.473 e. The van der Waals surface area contributed by atoms with Crippen LogP contribution in [0.15, 0.2) is 35.9 Å². The van der Waals surface area contributed by atoms with Gasteiger partial charge in [-0.3, -0.25) is 0 Å². The van der Waals surface area contributed by atoms with E-state index >= 15 is 0 Å². The largest absolute Gasteiger partial charge is 0.473 e. The summed E-state index contributed by atoms with van der Waals surface area (Å²) in [6, 6.07) is 6.36. The Morgan fingerprint density at radius 2 is 2.19 bits per heavy atom. The first-order chi connectivity index (χ1) is 7.74. The second-order valence-electron chi connectivity index (χ2n) is 4.48. The molecule has 2 aliphatic rings. The molecule has 2 heteroatoms. The predicted molar refractivity (Wildman–Crippen MR) is 70.2 cm³/mol. The summed E-state index contributed by atoms with van der Waals surface area (Å²) in [5, 5.41) is 0. The van der Waals surface area contributed by atoms with Gasteiger partial charge in [-0.25, -0.2) is 0 Å². The van der Waals surface area contributed by atoms with Crippen molar-refractivity contribution < 1.29 is 4.52 Å². The molecule has 2 unspecified atom stereocenters. The van der Waals surface area contributed by atoms with Crippen LogP contribution in [0.1, 0.15) is 18.1 Å². The van der Waals surface area contributed by atoms with Crippen molar-refractivity contribution in [3.05, 3.63) is 47.1 Å². The Balaban J connectivity index is 2.20. The van der Waals surface area contributed by atoms with Gasteiger partial charge in [0.1, 0.15) is 5.75 Å². The van der Waals surface area contributed by atoms with E-state index < -0.39 is 0 Å². The minimum atomic E-state index is -0.363. The van der Waals surface area contributed by atoms with Crippen LogP contribution in [0.4, 0.5) is 0 Å². The normalized spacial score (nSPS) is 26.5. The molecule has 3 rings (SSSR count). The van der Waals surface area contributed by atoms with E-state index in [9.17, 15) is 0 Å². The van der Waals surface area contributed by atoms with Crippen LogP contribution < -0.4 is 4.52 Å². The zero-order valence-electron chi connectivity index (χ0n) is 9.60. The minimum absolute atomic E-state index is 0.363. The quantitative estimate of drug-likeness (QED) is 0.612. The zero-order chi connectivity index (χ0) is 11.1. The van der Waals surface area contributed by atoms with Crippen molar-refractivity contribution in [2.24, 2.45) is 0 Å². The van der Waals surface area contributed by atoms with Gasteiger partial charge >= 0.3 is 0 Å². The van der Waals surface area contributed by atoms with Gasteiger partial charge in [0, 0.05) is 11.2 Å². The van der Waals surface area contributed by atoms with Gasteiger partial charge < -0.3 is 4.52 Å². The van der Waals surface area contributed by atoms with Crippen LogP contribution in [0.5, 0.6) is 5.75 Å². The Morgan fingerprint density at radius 1 is 1.31 bits per heavy atom. The lowest BCUT2D eigenvalue weighted by molar-refractivity contribution is 0.577. The van der Waals surface area contributed by atoms with Gasteiger partial charge in [0.15, 0.2) is 0 Å². The van der Waals surface area contributed by atoms with Gasteiger partial charge in [0.2, 0.25) is 0 Å². The first-order valence-electron chi connectivity index (χ1n) is 5.63. The van der Waals surface area contributed by atoms with E-state index in [4.69, 9.17) is 4.52 Å². The van der Waals surface area contributed by atoms with E-state index in [1.165, 1.54) is 16.7 Å². The van der Waals surface area contributed by atoms with Crippen molar-refractivity contribution in [1.29, 1.82) is 0 Å². The molecular weight excluding hydrogens is 215 g/mol. The van der Waals surface area contributed by atoms with Crippen molar-refractivity contribution in [2.45, 2.75) is 19.0 Å². The average Bonchev–Trinajstić information content (AvgIpc) is 2.24. The van der Waals surface area contributed by atoms with Crippen molar-refractivity contribution in [3.8, 4) is 5.75 Å². The fraction of sp³-hybridized carbons (Fsp3) is 0.286. The lowest BCUT2D eigenvalue weighted by atomic mass is 9.97. The second-order valence-corrected chi connectivity index (χ2v) is 6.42. The molecule has 0 amide bonds. The highest BCUT2D eigenvalue weighted by Gasteiger charge is 2.27. The van der Waals surface area contributed by atoms with Gasteiger partial charge in [0.25, 0.3) is 0 Å². The van der Waals surface area contributed by atoms with Crippen LogP contribution in [0.3, 0.4) is 0 Å². The van der Waals surface area contributed by atoms with Crippen LogP contribution in [0.2, 0.25) is 0 Å². The zero-order valence-corrected chi connectivity index (χ0v) is 10.5. The smallest absolute Gasteiger partial charge is 0.127 e. The predicted octanol–water partition coefficient (Wildman–Crippen LogP) is 3.99. The highest BCUT2D eigenvalue weighted by Crippen LogP contribution is 2.49. The molecule has 1 nitrogen and oxygen atoms in total. The molecule has 0 N–H and O–H groups in total. The molecular formula is C14H15OP. The summed E-state index contributed by atoms with van der Waals surface area (Å²) in [7, 11) is -0.363. The van der Waals surface area contributed by atoms with Crippen molar-refractivity contribution in [3.63, 3.8) is 0 Å². The number of hydrogen-bond acceptors (Lipinski definition) is 1. The first-order valence-corrected chi connectivity index (χ1v) is 7.41. The SMILES string of the molecule is CC1=CC2Cc3c(cccc3OP2C)C=C1. The topological polar surface area (TPSA) is 9.23 Å². The fourth-order valence-corrected chi connectivity index (χ4v) is 3.85. The number of hydrogen-bond donors (Lipinski definition) is 0. The van der Waals surface area contributed by atoms with E-state index in [1.807, 2.05) is 0 Å². The monoisotopic (exact) mass is 230 g/mol. The summed E-state index contributed by atoms with van der Waals surface area (Å²) < 4.78 is 6.05. The van der Waals surface area contributed by atoms with Crippen LogP contribution in [0.25, 0.3) is 6.08 Å². The molecule has 2 atom stereocenters. The maximum Gasteiger partial charge on any atom is 0.127 e. The summed E-state index contributed by atoms with van der Waals surface area (Å²) in [5.41, 5.74) is 4.63. The summed E-state index contributed by atoms with van der Waals surface area (Å²) in [4.78, 5) is 0. The number of fused-ring (bicyclic) bond motifs is 1. The van der Waals surface area contributed by atoms with Crippen LogP contribution >= 0.6 is 8.15 Å². The Hall–Kier alpha value is -1.07. The molecule has 0 aromatic heterocycles. The number of allylic oxidation sites excluding steroid dienone is 3. The first kappa shape index (κ1) is 10.1. The molecule has 1 aromatic rings. The summed E-state index contributed by atoms with van der Waals surface area (Å²) in [6.45, 7) is 4.40. The van der Waals surface area contributed by atoms with E-state index in [0.29, 0.717) is 5.66 Å². The molecule has 2 bridgehead atoms. The lowest BCUT2D eigenvalue weighted by Crippen LogP contribution is -2.17. The van der Waals surface area contributed by atoms with E-state index in [2.05, 4.69) is 50.0 Å². The summed E-state index contributed by atoms with van der Waals surface area (Å²) in [6.07, 6.45) is 7.91. The van der Waals surface area contributed by atoms with Crippen LogP contribution in [-0.2, 0) is 6.42 Å². The molecule has 0 fully saturated rings. The van der Waals surface area contributed by atoms with Gasteiger partial charge in [-0.05, 0) is 31.6 Å². The highest BCUT2D eigenvalue weighted by atomic mass is 31.1. The summed E-state index contributed by atoms with van der Waals surface area (Å²) in [5.74, 6) is 1.10. The highest BCUT2D eigenvalue weighted by molar-refractivity contribution is 7.53. The van der Waals surface area contributed by atoms with Gasteiger partial charge in [-0.15, -0.1) is 0 Å². The summed E-state index contributed by atoms with van der Waals surface area (Å²) >= 11 is 0. The maximum absolute atomic E-state index is 6.05. The lowest BCUT2D eigenvalue weighted by Gasteiger charge is -2.31.